The summed E-state index contributed by atoms with van der Waals surface area (Å²) in [7, 11) is 0. The van der Waals surface area contributed by atoms with Crippen molar-refractivity contribution in [1.82, 2.24) is 4.98 Å². The van der Waals surface area contributed by atoms with E-state index in [0.29, 0.717) is 23.9 Å². The van der Waals surface area contributed by atoms with E-state index in [4.69, 9.17) is 16.0 Å². The second kappa shape index (κ2) is 5.27. The van der Waals surface area contributed by atoms with E-state index in [0.717, 1.165) is 11.3 Å². The molecule has 1 aromatic heterocycles. The van der Waals surface area contributed by atoms with Gasteiger partial charge in [0.05, 0.1) is 0 Å². The van der Waals surface area contributed by atoms with Crippen LogP contribution in [0.4, 0.5) is 11.4 Å². The molecule has 2 aromatic rings. The third kappa shape index (κ3) is 2.63. The van der Waals surface area contributed by atoms with Crippen LogP contribution in [0.5, 0.6) is 5.88 Å². The SMILES string of the molecule is Cc1cc(N=N)c(N)c(OCc2ccccc2)n1. The normalized spacial score (nSPS) is 10.1. The highest BCUT2D eigenvalue weighted by Gasteiger charge is 2.09. The fourth-order valence-electron chi connectivity index (χ4n) is 1.57. The van der Waals surface area contributed by atoms with E-state index in [2.05, 4.69) is 10.1 Å². The Morgan fingerprint density at radius 3 is 2.72 bits per heavy atom. The number of nitrogens with one attached hydrogen (secondary N) is 1. The van der Waals surface area contributed by atoms with Crippen LogP contribution in [0.2, 0.25) is 0 Å². The molecule has 1 aromatic carbocycles. The fraction of sp³-hybridized carbons (Fsp3) is 0.154. The number of nitrogen functional groups attached to an aromatic ring is 1. The van der Waals surface area contributed by atoms with Crippen molar-refractivity contribution >= 4 is 11.4 Å². The number of nitrogens with zero attached hydrogens (tertiary/aromatic N) is 2. The summed E-state index contributed by atoms with van der Waals surface area (Å²) in [5.74, 6) is 0.324. The standard InChI is InChI=1S/C13H14N4O/c1-9-7-11(17-15)12(14)13(16-9)18-8-10-5-3-2-4-6-10/h2-7,15H,8,14H2,1H3. The molecule has 3 N–H and O–H groups in total. The summed E-state index contributed by atoms with van der Waals surface area (Å²) in [6.45, 7) is 2.20. The Kier molecular flexibility index (Phi) is 3.52. The molecule has 0 aliphatic rings. The summed E-state index contributed by atoms with van der Waals surface area (Å²) in [5, 5.41) is 3.35. The minimum atomic E-state index is 0.298. The third-order valence-corrected chi connectivity index (χ3v) is 2.47. The maximum Gasteiger partial charge on any atom is 0.240 e. The summed E-state index contributed by atoms with van der Waals surface area (Å²) in [4.78, 5) is 4.21. The van der Waals surface area contributed by atoms with Crippen molar-refractivity contribution in [2.45, 2.75) is 13.5 Å². The number of aromatic nitrogens is 1. The van der Waals surface area contributed by atoms with Crippen molar-refractivity contribution < 1.29 is 4.74 Å². The summed E-state index contributed by atoms with van der Waals surface area (Å²) < 4.78 is 5.57. The van der Waals surface area contributed by atoms with Gasteiger partial charge in [0.1, 0.15) is 18.0 Å². The van der Waals surface area contributed by atoms with Crippen molar-refractivity contribution in [3.8, 4) is 5.88 Å². The van der Waals surface area contributed by atoms with E-state index in [1.807, 2.05) is 37.3 Å². The van der Waals surface area contributed by atoms with Gasteiger partial charge in [-0.2, -0.15) is 5.11 Å². The van der Waals surface area contributed by atoms with E-state index in [1.165, 1.54) is 0 Å². The molecule has 0 fully saturated rings. The first-order valence-electron chi connectivity index (χ1n) is 5.52. The van der Waals surface area contributed by atoms with Gasteiger partial charge in [0.15, 0.2) is 0 Å². The molecule has 18 heavy (non-hydrogen) atoms. The van der Waals surface area contributed by atoms with Crippen molar-refractivity contribution in [3.63, 3.8) is 0 Å². The van der Waals surface area contributed by atoms with Crippen LogP contribution in [-0.2, 0) is 6.61 Å². The molecule has 0 spiro atoms. The van der Waals surface area contributed by atoms with Crippen LogP contribution in [-0.4, -0.2) is 4.98 Å². The van der Waals surface area contributed by atoms with Crippen molar-refractivity contribution in [2.75, 3.05) is 5.73 Å². The van der Waals surface area contributed by atoms with Crippen LogP contribution in [0.25, 0.3) is 0 Å². The van der Waals surface area contributed by atoms with Gasteiger partial charge in [0.25, 0.3) is 0 Å². The van der Waals surface area contributed by atoms with Gasteiger partial charge in [-0.25, -0.2) is 10.5 Å². The van der Waals surface area contributed by atoms with Gasteiger partial charge < -0.3 is 10.5 Å². The topological polar surface area (TPSA) is 84.4 Å². The first-order chi connectivity index (χ1) is 8.70. The molecule has 2 rings (SSSR count). The van der Waals surface area contributed by atoms with Gasteiger partial charge in [-0.15, -0.1) is 0 Å². The average Bonchev–Trinajstić information content (AvgIpc) is 2.40. The molecule has 5 nitrogen and oxygen atoms in total. The largest absolute Gasteiger partial charge is 0.471 e. The molecule has 0 saturated heterocycles. The van der Waals surface area contributed by atoms with Crippen LogP contribution in [0.15, 0.2) is 41.5 Å². The Labute approximate surface area is 105 Å². The predicted molar refractivity (Wildman–Crippen MR) is 69.0 cm³/mol. The minimum absolute atomic E-state index is 0.298. The highest BCUT2D eigenvalue weighted by molar-refractivity contribution is 5.67. The van der Waals surface area contributed by atoms with Crippen LogP contribution in [0.3, 0.4) is 0 Å². The molecule has 0 radical (unpaired) electrons. The molecular formula is C13H14N4O. The third-order valence-electron chi connectivity index (χ3n) is 2.47. The Balaban J connectivity index is 2.19. The lowest BCUT2D eigenvalue weighted by atomic mass is 10.2. The Morgan fingerprint density at radius 2 is 2.06 bits per heavy atom. The average molecular weight is 242 g/mol. The van der Waals surface area contributed by atoms with E-state index in [9.17, 15) is 0 Å². The van der Waals surface area contributed by atoms with Gasteiger partial charge in [-0.1, -0.05) is 30.3 Å². The Hall–Kier alpha value is -2.43. The summed E-state index contributed by atoms with van der Waals surface area (Å²) in [6.07, 6.45) is 0. The van der Waals surface area contributed by atoms with E-state index in [1.54, 1.807) is 6.07 Å². The number of hydrogen-bond acceptors (Lipinski definition) is 5. The molecule has 0 aliphatic heterocycles. The number of hydrogen-bond donors (Lipinski definition) is 2. The van der Waals surface area contributed by atoms with E-state index < -0.39 is 0 Å². The zero-order valence-corrected chi connectivity index (χ0v) is 10.1. The van der Waals surface area contributed by atoms with Crippen molar-refractivity contribution in [3.05, 3.63) is 47.7 Å². The van der Waals surface area contributed by atoms with Crippen LogP contribution in [0, 0.1) is 12.5 Å². The van der Waals surface area contributed by atoms with Gasteiger partial charge in [-0.05, 0) is 18.6 Å². The minimum Gasteiger partial charge on any atom is -0.471 e. The van der Waals surface area contributed by atoms with Gasteiger partial charge >= 0.3 is 0 Å². The van der Waals surface area contributed by atoms with Crippen molar-refractivity contribution in [2.24, 2.45) is 5.11 Å². The molecule has 0 unspecified atom stereocenters. The number of aryl methyl sites for hydroxylation is 1. The van der Waals surface area contributed by atoms with Gasteiger partial charge in [0, 0.05) is 5.69 Å². The smallest absolute Gasteiger partial charge is 0.240 e. The number of ether oxygens (including phenoxy) is 1. The van der Waals surface area contributed by atoms with Crippen LogP contribution in [0.1, 0.15) is 11.3 Å². The lowest BCUT2D eigenvalue weighted by Crippen LogP contribution is -2.02. The monoisotopic (exact) mass is 242 g/mol. The number of nitrogens with two attached hydrogens (primary N) is 1. The maximum atomic E-state index is 7.04. The number of rotatable bonds is 4. The maximum absolute atomic E-state index is 7.04. The van der Waals surface area contributed by atoms with Gasteiger partial charge in [-0.3, -0.25) is 0 Å². The summed E-state index contributed by atoms with van der Waals surface area (Å²) in [5.41, 5.74) is 15.3. The Morgan fingerprint density at radius 1 is 1.33 bits per heavy atom. The zero-order valence-electron chi connectivity index (χ0n) is 10.1. The first kappa shape index (κ1) is 12.0. The van der Waals surface area contributed by atoms with E-state index >= 15 is 0 Å². The molecule has 0 amide bonds. The van der Waals surface area contributed by atoms with Crippen LogP contribution < -0.4 is 10.5 Å². The zero-order chi connectivity index (χ0) is 13.0. The lowest BCUT2D eigenvalue weighted by molar-refractivity contribution is 0.295. The number of anilines is 1. The molecule has 0 bridgehead atoms. The molecule has 1 heterocycles. The predicted octanol–water partition coefficient (Wildman–Crippen LogP) is 3.21. The molecule has 0 saturated carbocycles. The number of pyridine rings is 1. The van der Waals surface area contributed by atoms with Gasteiger partial charge in [0.2, 0.25) is 5.88 Å². The molecule has 5 heteroatoms. The molecule has 0 atom stereocenters. The quantitative estimate of drug-likeness (QED) is 0.807. The first-order valence-corrected chi connectivity index (χ1v) is 5.52. The second-order valence-corrected chi connectivity index (χ2v) is 3.89. The molecule has 92 valence electrons. The lowest BCUT2D eigenvalue weighted by Gasteiger charge is -2.10. The number of benzene rings is 1. The summed E-state index contributed by atoms with van der Waals surface area (Å²) >= 11 is 0. The fourth-order valence-corrected chi connectivity index (χ4v) is 1.57. The Bertz CT molecular complexity index is 554. The molecular weight excluding hydrogens is 228 g/mol. The van der Waals surface area contributed by atoms with Crippen molar-refractivity contribution in [1.29, 1.82) is 5.53 Å². The highest BCUT2D eigenvalue weighted by atomic mass is 16.5. The van der Waals surface area contributed by atoms with Crippen LogP contribution >= 0.6 is 0 Å². The second-order valence-electron chi connectivity index (χ2n) is 3.89. The highest BCUT2D eigenvalue weighted by Crippen LogP contribution is 2.31. The molecule has 0 aliphatic carbocycles. The van der Waals surface area contributed by atoms with E-state index in [-0.39, 0.29) is 0 Å². The summed E-state index contributed by atoms with van der Waals surface area (Å²) in [6, 6.07) is 11.4.